The van der Waals surface area contributed by atoms with E-state index in [4.69, 9.17) is 5.73 Å². The highest BCUT2D eigenvalue weighted by molar-refractivity contribution is 4.89. The van der Waals surface area contributed by atoms with E-state index in [9.17, 15) is 0 Å². The molecule has 3 nitrogen and oxygen atoms in total. The third-order valence-corrected chi connectivity index (χ3v) is 3.88. The highest BCUT2D eigenvalue weighted by atomic mass is 15.3. The van der Waals surface area contributed by atoms with Gasteiger partial charge >= 0.3 is 0 Å². The van der Waals surface area contributed by atoms with E-state index in [1.807, 2.05) is 0 Å². The molecule has 1 unspecified atom stereocenters. The van der Waals surface area contributed by atoms with Crippen molar-refractivity contribution in [1.82, 2.24) is 9.80 Å². The monoisotopic (exact) mass is 213 g/mol. The summed E-state index contributed by atoms with van der Waals surface area (Å²) in [5.74, 6) is 0. The van der Waals surface area contributed by atoms with E-state index in [1.54, 1.807) is 0 Å². The molecular formula is C12H27N3. The molecule has 0 amide bonds. The maximum absolute atomic E-state index is 5.89. The predicted molar refractivity (Wildman–Crippen MR) is 66.1 cm³/mol. The maximum atomic E-state index is 5.89. The molecule has 1 rings (SSSR count). The van der Waals surface area contributed by atoms with Crippen molar-refractivity contribution in [3.63, 3.8) is 0 Å². The van der Waals surface area contributed by atoms with Gasteiger partial charge in [-0.3, -0.25) is 4.90 Å². The Morgan fingerprint density at radius 2 is 1.73 bits per heavy atom. The summed E-state index contributed by atoms with van der Waals surface area (Å²) in [6, 6.07) is 0. The smallest absolute Gasteiger partial charge is 0.0302 e. The average Bonchev–Trinajstić information content (AvgIpc) is 2.29. The summed E-state index contributed by atoms with van der Waals surface area (Å²) in [6.45, 7) is 13.6. The lowest BCUT2D eigenvalue weighted by atomic mass is 9.95. The van der Waals surface area contributed by atoms with Gasteiger partial charge in [-0.05, 0) is 26.3 Å². The van der Waals surface area contributed by atoms with Crippen LogP contribution in [0.25, 0.3) is 0 Å². The molecule has 0 aliphatic carbocycles. The standard InChI is InChI=1S/C12H27N3/c1-4-6-14-7-9-15(10-8-14)12(3,5-2)11-13/h4-11,13H2,1-3H3. The molecule has 1 aliphatic heterocycles. The van der Waals surface area contributed by atoms with Gasteiger partial charge in [0.15, 0.2) is 0 Å². The molecule has 0 aromatic carbocycles. The lowest BCUT2D eigenvalue weighted by Crippen LogP contribution is -2.58. The van der Waals surface area contributed by atoms with E-state index in [1.165, 1.54) is 39.1 Å². The Bertz CT molecular complexity index is 170. The van der Waals surface area contributed by atoms with Gasteiger partial charge in [-0.2, -0.15) is 0 Å². The quantitative estimate of drug-likeness (QED) is 0.743. The van der Waals surface area contributed by atoms with Crippen LogP contribution >= 0.6 is 0 Å². The van der Waals surface area contributed by atoms with Gasteiger partial charge in [-0.1, -0.05) is 13.8 Å². The van der Waals surface area contributed by atoms with Gasteiger partial charge in [0.1, 0.15) is 0 Å². The molecule has 0 aromatic rings. The van der Waals surface area contributed by atoms with Crippen LogP contribution in [0.4, 0.5) is 0 Å². The van der Waals surface area contributed by atoms with E-state index in [0.717, 1.165) is 13.0 Å². The summed E-state index contributed by atoms with van der Waals surface area (Å²) in [5, 5.41) is 0. The fourth-order valence-corrected chi connectivity index (χ4v) is 2.32. The van der Waals surface area contributed by atoms with Crippen LogP contribution in [-0.2, 0) is 0 Å². The molecule has 2 N–H and O–H groups in total. The van der Waals surface area contributed by atoms with Crippen molar-refractivity contribution in [2.75, 3.05) is 39.3 Å². The highest BCUT2D eigenvalue weighted by Gasteiger charge is 2.30. The van der Waals surface area contributed by atoms with Crippen molar-refractivity contribution in [2.24, 2.45) is 5.73 Å². The van der Waals surface area contributed by atoms with E-state index >= 15 is 0 Å². The molecule has 0 spiro atoms. The molecule has 90 valence electrons. The number of nitrogens with two attached hydrogens (primary N) is 1. The number of nitrogens with zero attached hydrogens (tertiary/aromatic N) is 2. The van der Waals surface area contributed by atoms with Crippen molar-refractivity contribution in [1.29, 1.82) is 0 Å². The Labute approximate surface area is 94.6 Å². The van der Waals surface area contributed by atoms with Crippen molar-refractivity contribution >= 4 is 0 Å². The second-order valence-electron chi connectivity index (χ2n) is 4.88. The van der Waals surface area contributed by atoms with Crippen molar-refractivity contribution in [3.05, 3.63) is 0 Å². The molecule has 1 heterocycles. The number of hydrogen-bond donors (Lipinski definition) is 1. The SMILES string of the molecule is CCCN1CCN(C(C)(CC)CN)CC1. The highest BCUT2D eigenvalue weighted by Crippen LogP contribution is 2.19. The number of hydrogen-bond acceptors (Lipinski definition) is 3. The topological polar surface area (TPSA) is 32.5 Å². The predicted octanol–water partition coefficient (Wildman–Crippen LogP) is 1.14. The minimum Gasteiger partial charge on any atom is -0.329 e. The average molecular weight is 213 g/mol. The summed E-state index contributed by atoms with van der Waals surface area (Å²) in [5.41, 5.74) is 6.11. The Kier molecular flexibility index (Phi) is 5.03. The van der Waals surface area contributed by atoms with Crippen LogP contribution in [0.15, 0.2) is 0 Å². The maximum Gasteiger partial charge on any atom is 0.0302 e. The second-order valence-corrected chi connectivity index (χ2v) is 4.88. The van der Waals surface area contributed by atoms with Crippen LogP contribution in [0.2, 0.25) is 0 Å². The van der Waals surface area contributed by atoms with Crippen LogP contribution in [-0.4, -0.2) is 54.6 Å². The summed E-state index contributed by atoms with van der Waals surface area (Å²) < 4.78 is 0. The third kappa shape index (κ3) is 3.16. The van der Waals surface area contributed by atoms with Gasteiger partial charge in [-0.15, -0.1) is 0 Å². The Morgan fingerprint density at radius 1 is 1.13 bits per heavy atom. The first-order chi connectivity index (χ1) is 7.16. The molecule has 1 atom stereocenters. The zero-order valence-corrected chi connectivity index (χ0v) is 10.6. The van der Waals surface area contributed by atoms with Crippen LogP contribution in [0.1, 0.15) is 33.6 Å². The lowest BCUT2D eigenvalue weighted by Gasteiger charge is -2.45. The normalized spacial score (nSPS) is 24.0. The fraction of sp³-hybridized carbons (Fsp3) is 1.00. The molecule has 0 aromatic heterocycles. The third-order valence-electron chi connectivity index (χ3n) is 3.88. The molecule has 1 saturated heterocycles. The molecule has 0 saturated carbocycles. The summed E-state index contributed by atoms with van der Waals surface area (Å²) in [6.07, 6.45) is 2.42. The van der Waals surface area contributed by atoms with Gasteiger partial charge in [0.05, 0.1) is 0 Å². The van der Waals surface area contributed by atoms with Crippen LogP contribution < -0.4 is 5.73 Å². The minimum absolute atomic E-state index is 0.221. The Hall–Kier alpha value is -0.120. The van der Waals surface area contributed by atoms with Gasteiger partial charge in [0.25, 0.3) is 0 Å². The van der Waals surface area contributed by atoms with Gasteiger partial charge in [0, 0.05) is 38.3 Å². The Morgan fingerprint density at radius 3 is 2.13 bits per heavy atom. The lowest BCUT2D eigenvalue weighted by molar-refractivity contribution is 0.0443. The molecule has 1 fully saturated rings. The van der Waals surface area contributed by atoms with Gasteiger partial charge in [0.2, 0.25) is 0 Å². The molecular weight excluding hydrogens is 186 g/mol. The van der Waals surface area contributed by atoms with Crippen LogP contribution in [0, 0.1) is 0 Å². The fourth-order valence-electron chi connectivity index (χ4n) is 2.32. The van der Waals surface area contributed by atoms with Gasteiger partial charge < -0.3 is 10.6 Å². The van der Waals surface area contributed by atoms with Crippen molar-refractivity contribution < 1.29 is 0 Å². The molecule has 0 bridgehead atoms. The second kappa shape index (κ2) is 5.83. The molecule has 1 aliphatic rings. The van der Waals surface area contributed by atoms with Crippen molar-refractivity contribution in [2.45, 2.75) is 39.2 Å². The van der Waals surface area contributed by atoms with Crippen LogP contribution in [0.3, 0.4) is 0 Å². The van der Waals surface area contributed by atoms with Crippen LogP contribution in [0.5, 0.6) is 0 Å². The summed E-state index contributed by atoms with van der Waals surface area (Å²) in [4.78, 5) is 5.13. The Balaban J connectivity index is 2.42. The molecule has 0 radical (unpaired) electrons. The zero-order valence-electron chi connectivity index (χ0n) is 10.6. The van der Waals surface area contributed by atoms with Crippen molar-refractivity contribution in [3.8, 4) is 0 Å². The largest absolute Gasteiger partial charge is 0.329 e. The minimum atomic E-state index is 0.221. The number of piperazine rings is 1. The van der Waals surface area contributed by atoms with E-state index in [2.05, 4.69) is 30.6 Å². The van der Waals surface area contributed by atoms with Gasteiger partial charge in [-0.25, -0.2) is 0 Å². The zero-order chi connectivity index (χ0) is 11.3. The summed E-state index contributed by atoms with van der Waals surface area (Å²) in [7, 11) is 0. The van der Waals surface area contributed by atoms with E-state index < -0.39 is 0 Å². The summed E-state index contributed by atoms with van der Waals surface area (Å²) >= 11 is 0. The molecule has 15 heavy (non-hydrogen) atoms. The van der Waals surface area contributed by atoms with E-state index in [0.29, 0.717) is 0 Å². The van der Waals surface area contributed by atoms with E-state index in [-0.39, 0.29) is 5.54 Å². The first kappa shape index (κ1) is 12.9. The first-order valence-electron chi connectivity index (χ1n) is 6.33. The number of rotatable bonds is 5. The molecule has 3 heteroatoms. The first-order valence-corrected chi connectivity index (χ1v) is 6.33.